The second-order valence-electron chi connectivity index (χ2n) is 17.7. The van der Waals surface area contributed by atoms with E-state index >= 15 is 0 Å². The zero-order valence-corrected chi connectivity index (χ0v) is 36.6. The minimum absolute atomic E-state index is 0.110. The maximum atomic E-state index is 14.0. The molecule has 15 nitrogen and oxygen atoms in total. The molecule has 0 saturated carbocycles. The van der Waals surface area contributed by atoms with Crippen LogP contribution in [0.3, 0.4) is 0 Å². The first kappa shape index (κ1) is 42.5. The van der Waals surface area contributed by atoms with Crippen LogP contribution in [0.1, 0.15) is 71.2 Å². The number of methoxy groups -OCH3 is 3. The van der Waals surface area contributed by atoms with Gasteiger partial charge in [0.1, 0.15) is 23.7 Å². The number of hydrogen-bond acceptors (Lipinski definition) is 9. The summed E-state index contributed by atoms with van der Waals surface area (Å²) < 4.78 is 15.2. The van der Waals surface area contributed by atoms with Gasteiger partial charge in [0.15, 0.2) is 0 Å². The number of aromatic nitrogens is 4. The van der Waals surface area contributed by atoms with Crippen LogP contribution in [-0.4, -0.2) is 107 Å². The summed E-state index contributed by atoms with van der Waals surface area (Å²) in [7, 11) is 4.25. The minimum atomic E-state index is -0.751. The Morgan fingerprint density at radius 3 is 1.60 bits per heavy atom. The SMILES string of the molecule is COC[C@H]1C[C@@H](c2nc3c(ccc4cc(-c5ccc6c(ccc7[nH]c([C@@H]8C[C@H](C)CN8C(=O)C(NC(=O)OC)C(C)C)nc76)c5)ccc43)[nH]2)N(C(=O)C(NC(=O)OC)C(C)C)C1. The van der Waals surface area contributed by atoms with Crippen molar-refractivity contribution in [2.24, 2.45) is 23.7 Å². The molecule has 2 fully saturated rings. The first-order chi connectivity index (χ1) is 29.8. The number of H-pyrrole nitrogens is 2. The van der Waals surface area contributed by atoms with E-state index in [9.17, 15) is 19.2 Å². The summed E-state index contributed by atoms with van der Waals surface area (Å²) in [5.74, 6) is 1.19. The number of nitrogens with one attached hydrogen (secondary N) is 4. The average molecular weight is 845 g/mol. The Morgan fingerprint density at radius 1 is 0.677 bits per heavy atom. The first-order valence-electron chi connectivity index (χ1n) is 21.4. The molecule has 0 radical (unpaired) electrons. The molecule has 0 aliphatic carbocycles. The van der Waals surface area contributed by atoms with E-state index in [1.54, 1.807) is 7.11 Å². The average Bonchev–Trinajstić information content (AvgIpc) is 4.08. The Hall–Kier alpha value is -6.22. The van der Waals surface area contributed by atoms with E-state index in [-0.39, 0.29) is 47.6 Å². The van der Waals surface area contributed by atoms with E-state index in [1.165, 1.54) is 14.2 Å². The molecule has 326 valence electrons. The van der Waals surface area contributed by atoms with Gasteiger partial charge in [-0.15, -0.1) is 0 Å². The molecule has 2 aliphatic heterocycles. The predicted octanol–water partition coefficient (Wildman–Crippen LogP) is 7.62. The van der Waals surface area contributed by atoms with Crippen LogP contribution in [-0.2, 0) is 23.8 Å². The lowest BCUT2D eigenvalue weighted by atomic mass is 9.98. The summed E-state index contributed by atoms with van der Waals surface area (Å²) in [6.07, 6.45) is 0.155. The van der Waals surface area contributed by atoms with Gasteiger partial charge in [-0.1, -0.05) is 71.0 Å². The lowest BCUT2D eigenvalue weighted by Crippen LogP contribution is -2.51. The molecule has 4 aromatic carbocycles. The van der Waals surface area contributed by atoms with Crippen molar-refractivity contribution in [3.63, 3.8) is 0 Å². The van der Waals surface area contributed by atoms with Gasteiger partial charge in [-0.25, -0.2) is 19.6 Å². The Balaban J connectivity index is 1.07. The van der Waals surface area contributed by atoms with Gasteiger partial charge in [-0.2, -0.15) is 0 Å². The van der Waals surface area contributed by atoms with Crippen LogP contribution in [0, 0.1) is 23.7 Å². The number of alkyl carbamates (subject to hydrolysis) is 2. The number of fused-ring (bicyclic) bond motifs is 6. The summed E-state index contributed by atoms with van der Waals surface area (Å²) >= 11 is 0. The van der Waals surface area contributed by atoms with Gasteiger partial charge in [0, 0.05) is 36.9 Å². The van der Waals surface area contributed by atoms with Gasteiger partial charge in [0.25, 0.3) is 0 Å². The molecule has 15 heteroatoms. The van der Waals surface area contributed by atoms with E-state index in [2.05, 4.69) is 76.1 Å². The van der Waals surface area contributed by atoms with E-state index in [0.29, 0.717) is 31.9 Å². The fourth-order valence-corrected chi connectivity index (χ4v) is 9.40. The molecule has 8 rings (SSSR count). The zero-order valence-electron chi connectivity index (χ0n) is 36.6. The highest BCUT2D eigenvalue weighted by molar-refractivity contribution is 6.07. The third kappa shape index (κ3) is 8.01. The molecule has 2 aliphatic rings. The Morgan fingerprint density at radius 2 is 1.15 bits per heavy atom. The van der Waals surface area contributed by atoms with Crippen molar-refractivity contribution in [2.75, 3.05) is 41.0 Å². The van der Waals surface area contributed by atoms with E-state index in [0.717, 1.165) is 67.0 Å². The second-order valence-corrected chi connectivity index (χ2v) is 17.7. The molecule has 0 spiro atoms. The molecule has 2 unspecified atom stereocenters. The molecule has 0 bridgehead atoms. The molecule has 62 heavy (non-hydrogen) atoms. The topological polar surface area (TPSA) is 184 Å². The van der Waals surface area contributed by atoms with Crippen molar-refractivity contribution in [2.45, 2.75) is 71.6 Å². The number of amides is 4. The van der Waals surface area contributed by atoms with E-state index < -0.39 is 24.3 Å². The molecule has 2 saturated heterocycles. The van der Waals surface area contributed by atoms with Crippen LogP contribution < -0.4 is 10.6 Å². The number of aromatic amines is 2. The normalized spacial score (nSPS) is 20.2. The highest BCUT2D eigenvalue weighted by atomic mass is 16.5. The molecule has 4 amide bonds. The molecular formula is C47H56N8O7. The second kappa shape index (κ2) is 17.3. The lowest BCUT2D eigenvalue weighted by molar-refractivity contribution is -0.136. The molecular weight excluding hydrogens is 789 g/mol. The van der Waals surface area contributed by atoms with Crippen molar-refractivity contribution in [3.8, 4) is 11.1 Å². The molecule has 6 atom stereocenters. The summed E-state index contributed by atoms with van der Waals surface area (Å²) in [5.41, 5.74) is 5.55. The number of rotatable bonds is 11. The fraction of sp³-hybridized carbons (Fsp3) is 0.447. The van der Waals surface area contributed by atoms with E-state index in [1.807, 2.05) is 49.6 Å². The highest BCUT2D eigenvalue weighted by Gasteiger charge is 2.42. The molecule has 6 aromatic rings. The number of nitrogens with zero attached hydrogens (tertiary/aromatic N) is 4. The van der Waals surface area contributed by atoms with Crippen molar-refractivity contribution in [1.82, 2.24) is 40.4 Å². The van der Waals surface area contributed by atoms with Gasteiger partial charge in [0.2, 0.25) is 11.8 Å². The fourth-order valence-electron chi connectivity index (χ4n) is 9.40. The summed E-state index contributed by atoms with van der Waals surface area (Å²) in [5, 5.41) is 9.54. The summed E-state index contributed by atoms with van der Waals surface area (Å²) in [6.45, 7) is 11.3. The molecule has 4 heterocycles. The Kier molecular flexibility index (Phi) is 11.8. The number of benzene rings is 4. The van der Waals surface area contributed by atoms with Crippen LogP contribution in [0.2, 0.25) is 0 Å². The Bertz CT molecular complexity index is 2670. The predicted molar refractivity (Wildman–Crippen MR) is 237 cm³/mol. The van der Waals surface area contributed by atoms with Crippen LogP contribution >= 0.6 is 0 Å². The smallest absolute Gasteiger partial charge is 0.407 e. The standard InChI is InChI=1S/C47H56N8O7/c1-24(2)38(52-46(58)61-7)44(56)54-21-26(5)17-36(54)42-48-34-15-11-30-19-28(9-13-32(30)40(34)50-42)29-10-14-33-31(20-29)12-16-35-41(33)51-43(49-35)37-18-27(23-60-6)22-55(37)45(57)39(25(3)4)53-47(59)62-8/h9-16,19-20,24-27,36-39H,17-18,21-23H2,1-8H3,(H,48,50)(H,49,51)(H,52,58)(H,53,59)/t26-,27-,36-,37-,38?,39?/m0/s1. The number of carbonyl (C=O) groups excluding carboxylic acids is 4. The van der Waals surface area contributed by atoms with Crippen LogP contribution in [0.15, 0.2) is 60.7 Å². The van der Waals surface area contributed by atoms with Gasteiger partial charge in [-0.3, -0.25) is 9.59 Å². The maximum Gasteiger partial charge on any atom is 0.407 e. The van der Waals surface area contributed by atoms with Crippen molar-refractivity contribution in [3.05, 3.63) is 72.3 Å². The summed E-state index contributed by atoms with van der Waals surface area (Å²) in [4.78, 5) is 73.2. The van der Waals surface area contributed by atoms with Crippen LogP contribution in [0.25, 0.3) is 54.7 Å². The lowest BCUT2D eigenvalue weighted by Gasteiger charge is -2.30. The van der Waals surface area contributed by atoms with Gasteiger partial charge in [-0.05, 0) is 76.8 Å². The van der Waals surface area contributed by atoms with Gasteiger partial charge in [0.05, 0.1) is 55.0 Å². The van der Waals surface area contributed by atoms with Crippen molar-refractivity contribution >= 4 is 67.6 Å². The largest absolute Gasteiger partial charge is 0.453 e. The molecule has 2 aromatic heterocycles. The van der Waals surface area contributed by atoms with Crippen molar-refractivity contribution in [1.29, 1.82) is 0 Å². The monoisotopic (exact) mass is 844 g/mol. The van der Waals surface area contributed by atoms with Gasteiger partial charge < -0.3 is 44.6 Å². The van der Waals surface area contributed by atoms with Crippen molar-refractivity contribution < 1.29 is 33.4 Å². The minimum Gasteiger partial charge on any atom is -0.453 e. The quantitative estimate of drug-likeness (QED) is 0.102. The highest BCUT2D eigenvalue weighted by Crippen LogP contribution is 2.40. The number of ether oxygens (including phenoxy) is 3. The first-order valence-corrected chi connectivity index (χ1v) is 21.4. The Labute approximate surface area is 360 Å². The number of imidazole rings is 2. The van der Waals surface area contributed by atoms with Crippen LogP contribution in [0.5, 0.6) is 0 Å². The van der Waals surface area contributed by atoms with E-state index in [4.69, 9.17) is 24.2 Å². The number of hydrogen-bond donors (Lipinski definition) is 4. The molecule has 4 N–H and O–H groups in total. The maximum absolute atomic E-state index is 14.0. The zero-order chi connectivity index (χ0) is 44.0. The van der Waals surface area contributed by atoms with Gasteiger partial charge >= 0.3 is 12.2 Å². The van der Waals surface area contributed by atoms with Crippen LogP contribution in [0.4, 0.5) is 9.59 Å². The third-order valence-corrected chi connectivity index (χ3v) is 12.6. The number of carbonyl (C=O) groups is 4. The third-order valence-electron chi connectivity index (χ3n) is 12.6. The number of likely N-dealkylation sites (tertiary alicyclic amines) is 2. The summed E-state index contributed by atoms with van der Waals surface area (Å²) in [6, 6.07) is 19.0.